The highest BCUT2D eigenvalue weighted by Gasteiger charge is 2.30. The Hall–Kier alpha value is -1.91. The van der Waals surface area contributed by atoms with Gasteiger partial charge >= 0.3 is 6.18 Å². The van der Waals surface area contributed by atoms with Crippen molar-refractivity contribution >= 4 is 41.5 Å². The minimum absolute atomic E-state index is 0.530. The number of terminal acetylenes is 1. The van der Waals surface area contributed by atoms with Crippen LogP contribution in [0.3, 0.4) is 0 Å². The third kappa shape index (κ3) is 12.5. The Kier molecular flexibility index (Phi) is 17.4. The van der Waals surface area contributed by atoms with Gasteiger partial charge in [0.25, 0.3) is 0 Å². The molecule has 0 saturated heterocycles. The van der Waals surface area contributed by atoms with Crippen LogP contribution in [0.2, 0.25) is 0 Å². The first-order chi connectivity index (χ1) is 16.2. The van der Waals surface area contributed by atoms with Gasteiger partial charge in [-0.2, -0.15) is 13.2 Å². The molecule has 0 amide bonds. The van der Waals surface area contributed by atoms with Crippen LogP contribution >= 0.6 is 23.5 Å². The van der Waals surface area contributed by atoms with E-state index in [2.05, 4.69) is 36.5 Å². The number of nitrogens with zero attached hydrogens (tertiary/aromatic N) is 2. The maximum Gasteiger partial charge on any atom is 0.416 e. The van der Waals surface area contributed by atoms with Crippen LogP contribution in [0.25, 0.3) is 5.57 Å². The molecular weight excluding hydrogens is 473 g/mol. The highest BCUT2D eigenvalue weighted by molar-refractivity contribution is 8.04. The number of allylic oxidation sites excluding steroid dienone is 3. The first kappa shape index (κ1) is 32.1. The van der Waals surface area contributed by atoms with Gasteiger partial charge in [-0.25, -0.2) is 0 Å². The summed E-state index contributed by atoms with van der Waals surface area (Å²) in [6, 6.07) is 5.36. The van der Waals surface area contributed by atoms with Crippen molar-refractivity contribution in [3.8, 4) is 12.8 Å². The molecule has 2 nitrogen and oxygen atoms in total. The molecule has 0 aromatic heterocycles. The molecule has 0 spiro atoms. The molecule has 0 N–H and O–H groups in total. The van der Waals surface area contributed by atoms with Crippen LogP contribution in [-0.4, -0.2) is 30.3 Å². The van der Waals surface area contributed by atoms with E-state index in [4.69, 9.17) is 0 Å². The molecule has 7 heteroatoms. The summed E-state index contributed by atoms with van der Waals surface area (Å²) >= 11 is 3.11. The Morgan fingerprint density at radius 1 is 1.21 bits per heavy atom. The van der Waals surface area contributed by atoms with Crippen LogP contribution in [0.15, 0.2) is 51.4 Å². The lowest BCUT2D eigenvalue weighted by molar-refractivity contribution is -0.137. The molecule has 0 radical (unpaired) electrons. The molecule has 1 fully saturated rings. The molecule has 1 saturated carbocycles. The van der Waals surface area contributed by atoms with Crippen molar-refractivity contribution < 1.29 is 13.2 Å². The van der Waals surface area contributed by atoms with E-state index in [1.165, 1.54) is 50.4 Å². The molecule has 0 aliphatic heterocycles. The fraction of sp³-hybridized carbons (Fsp3) is 0.481. The van der Waals surface area contributed by atoms with Gasteiger partial charge in [0.05, 0.1) is 17.2 Å². The Morgan fingerprint density at radius 2 is 1.85 bits per heavy atom. The summed E-state index contributed by atoms with van der Waals surface area (Å²) < 4.78 is 39.0. The molecular formula is C27H37F3N2S2. The smallest absolute Gasteiger partial charge is 0.273 e. The van der Waals surface area contributed by atoms with Crippen molar-refractivity contribution in [3.63, 3.8) is 0 Å². The predicted octanol–water partition coefficient (Wildman–Crippen LogP) is 9.00. The lowest BCUT2D eigenvalue weighted by Gasteiger charge is -2.15. The molecule has 188 valence electrons. The first-order valence-electron chi connectivity index (χ1n) is 11.2. The maximum atomic E-state index is 13.0. The minimum atomic E-state index is -4.36. The van der Waals surface area contributed by atoms with Gasteiger partial charge in [-0.1, -0.05) is 58.1 Å². The quantitative estimate of drug-likeness (QED) is 0.257. The third-order valence-corrected chi connectivity index (χ3v) is 6.56. The summed E-state index contributed by atoms with van der Waals surface area (Å²) in [5, 5.41) is 0. The summed E-state index contributed by atoms with van der Waals surface area (Å²) in [5.41, 5.74) is 1.33. The van der Waals surface area contributed by atoms with Gasteiger partial charge in [0.2, 0.25) is 0 Å². The predicted molar refractivity (Wildman–Crippen MR) is 149 cm³/mol. The van der Waals surface area contributed by atoms with Gasteiger partial charge in [0.15, 0.2) is 0 Å². The number of aliphatic imine (C=N–C) groups is 2. The Labute approximate surface area is 212 Å². The van der Waals surface area contributed by atoms with Crippen molar-refractivity contribution in [2.75, 3.05) is 17.9 Å². The molecule has 34 heavy (non-hydrogen) atoms. The zero-order valence-corrected chi connectivity index (χ0v) is 22.3. The number of hydrogen-bond acceptors (Lipinski definition) is 4. The molecule has 1 aromatic rings. The number of rotatable bonds is 8. The second kappa shape index (κ2) is 18.4. The van der Waals surface area contributed by atoms with Crippen molar-refractivity contribution in [1.82, 2.24) is 0 Å². The lowest BCUT2D eigenvalue weighted by atomic mass is 9.91. The lowest BCUT2D eigenvalue weighted by Crippen LogP contribution is -2.06. The Morgan fingerprint density at radius 3 is 2.32 bits per heavy atom. The van der Waals surface area contributed by atoms with E-state index in [0.717, 1.165) is 28.2 Å². The standard InChI is InChI=1S/C18H21F3N2S2.C7H14.C2H2/c1-5-25-17(16(9-10-22-3)23-12-24-4)13(2)14-7-6-8-15(11-14)18(19,20)21;1-7-5-3-2-4-6-7;1-2/h6-11H,3,5,12H2,1-2,4H3;7H,2-6H2,1H3;1-2H/b10-9-,17-13+,23-16+;;. The molecule has 0 atom stereocenters. The Bertz CT molecular complexity index is 834. The largest absolute Gasteiger partial charge is 0.416 e. The average molecular weight is 511 g/mol. The first-order valence-corrected chi connectivity index (χ1v) is 13.6. The van der Waals surface area contributed by atoms with Crippen molar-refractivity contribution in [2.24, 2.45) is 15.9 Å². The van der Waals surface area contributed by atoms with Crippen LogP contribution in [0.5, 0.6) is 0 Å². The zero-order chi connectivity index (χ0) is 26.0. The third-order valence-electron chi connectivity index (χ3n) is 5.08. The molecule has 1 aromatic carbocycles. The number of benzene rings is 1. The second-order valence-electron chi connectivity index (χ2n) is 7.67. The summed E-state index contributed by atoms with van der Waals surface area (Å²) in [6.45, 7) is 9.58. The van der Waals surface area contributed by atoms with Gasteiger partial charge < -0.3 is 0 Å². The van der Waals surface area contributed by atoms with Crippen LogP contribution in [0.4, 0.5) is 13.2 Å². The summed E-state index contributed by atoms with van der Waals surface area (Å²) in [6.07, 6.45) is 16.3. The van der Waals surface area contributed by atoms with Gasteiger partial charge in [0.1, 0.15) is 0 Å². The summed E-state index contributed by atoms with van der Waals surface area (Å²) in [4.78, 5) is 9.07. The van der Waals surface area contributed by atoms with Gasteiger partial charge in [0, 0.05) is 11.1 Å². The van der Waals surface area contributed by atoms with E-state index in [0.29, 0.717) is 17.2 Å². The van der Waals surface area contributed by atoms with E-state index >= 15 is 0 Å². The zero-order valence-electron chi connectivity index (χ0n) is 20.7. The molecule has 0 bridgehead atoms. The number of hydrogen-bond donors (Lipinski definition) is 0. The van der Waals surface area contributed by atoms with Crippen LogP contribution in [0, 0.1) is 18.8 Å². The molecule has 0 heterocycles. The SMILES string of the molecule is C#C.C=N\C=C/C(=N\CSC)C(/SCC)=C(/C)c1cccc(C(F)(F)F)c1.CC1CCCCC1. The molecule has 0 unspecified atom stereocenters. The van der Waals surface area contributed by atoms with Crippen molar-refractivity contribution in [3.05, 3.63) is 52.6 Å². The van der Waals surface area contributed by atoms with E-state index in [1.807, 2.05) is 20.1 Å². The van der Waals surface area contributed by atoms with Crippen molar-refractivity contribution in [1.29, 1.82) is 0 Å². The van der Waals surface area contributed by atoms with Gasteiger partial charge in [-0.3, -0.25) is 9.98 Å². The van der Waals surface area contributed by atoms with E-state index in [-0.39, 0.29) is 0 Å². The van der Waals surface area contributed by atoms with Crippen LogP contribution in [-0.2, 0) is 6.18 Å². The van der Waals surface area contributed by atoms with E-state index in [9.17, 15) is 13.2 Å². The van der Waals surface area contributed by atoms with E-state index in [1.54, 1.807) is 35.7 Å². The number of alkyl halides is 3. The van der Waals surface area contributed by atoms with Gasteiger partial charge in [-0.15, -0.1) is 36.4 Å². The van der Waals surface area contributed by atoms with Crippen molar-refractivity contribution in [2.45, 2.75) is 59.1 Å². The highest BCUT2D eigenvalue weighted by Crippen LogP contribution is 2.34. The molecule has 1 aliphatic carbocycles. The molecule has 1 aliphatic rings. The summed E-state index contributed by atoms with van der Waals surface area (Å²) in [5.74, 6) is 2.37. The fourth-order valence-electron chi connectivity index (χ4n) is 3.34. The highest BCUT2D eigenvalue weighted by atomic mass is 32.2. The number of thioether (sulfide) groups is 2. The Balaban J connectivity index is 0.00000101. The van der Waals surface area contributed by atoms with Crippen LogP contribution < -0.4 is 0 Å². The maximum absolute atomic E-state index is 13.0. The van der Waals surface area contributed by atoms with E-state index < -0.39 is 11.7 Å². The molecule has 2 rings (SSSR count). The average Bonchev–Trinajstić information content (AvgIpc) is 2.84. The summed E-state index contributed by atoms with van der Waals surface area (Å²) in [7, 11) is 0. The normalized spacial score (nSPS) is 15.5. The number of halogens is 3. The topological polar surface area (TPSA) is 24.7 Å². The van der Waals surface area contributed by atoms with Crippen LogP contribution in [0.1, 0.15) is 64.0 Å². The fourth-order valence-corrected chi connectivity index (χ4v) is 4.51. The second-order valence-corrected chi connectivity index (χ2v) is 9.78. The monoisotopic (exact) mass is 510 g/mol. The van der Waals surface area contributed by atoms with Gasteiger partial charge in [-0.05, 0) is 60.9 Å². The minimum Gasteiger partial charge on any atom is -0.273 e.